The average Bonchev–Trinajstić information content (AvgIpc) is 2.89. The fraction of sp³-hybridized carbons (Fsp3) is 0.500. The molecule has 0 aliphatic heterocycles. The Kier molecular flexibility index (Phi) is 3.58. The third kappa shape index (κ3) is 2.71. The Hall–Kier alpha value is -0.980. The van der Waals surface area contributed by atoms with Crippen LogP contribution >= 0.6 is 23.6 Å². The van der Waals surface area contributed by atoms with Crippen molar-refractivity contribution in [3.05, 3.63) is 22.3 Å². The Balaban J connectivity index is 1.66. The first-order valence-corrected chi connectivity index (χ1v) is 7.40. The molecule has 2 aromatic rings. The number of aromatic nitrogens is 3. The lowest BCUT2D eigenvalue weighted by molar-refractivity contribution is 0.117. The summed E-state index contributed by atoms with van der Waals surface area (Å²) in [5, 5.41) is 9.18. The molecule has 96 valence electrons. The molecule has 1 aliphatic carbocycles. The van der Waals surface area contributed by atoms with Crippen LogP contribution in [0.25, 0.3) is 10.7 Å². The van der Waals surface area contributed by atoms with E-state index in [1.165, 1.54) is 12.8 Å². The van der Waals surface area contributed by atoms with E-state index >= 15 is 0 Å². The third-order valence-corrected chi connectivity index (χ3v) is 4.19. The van der Waals surface area contributed by atoms with Gasteiger partial charge in [-0.2, -0.15) is 5.10 Å². The molecule has 18 heavy (non-hydrogen) atoms. The number of aromatic amines is 1. The maximum Gasteiger partial charge on any atom is 0.195 e. The molecule has 0 unspecified atom stereocenters. The SMILES string of the molecule is S=c1[nH]nc(-c2cccs2)n1CCOCC1CC1. The van der Waals surface area contributed by atoms with Gasteiger partial charge in [-0.1, -0.05) is 6.07 Å². The highest BCUT2D eigenvalue weighted by Crippen LogP contribution is 2.28. The molecular weight excluding hydrogens is 266 g/mol. The summed E-state index contributed by atoms with van der Waals surface area (Å²) in [6.45, 7) is 2.34. The maximum absolute atomic E-state index is 5.65. The van der Waals surface area contributed by atoms with Crippen LogP contribution in [0, 0.1) is 10.7 Å². The lowest BCUT2D eigenvalue weighted by atomic mass is 10.4. The summed E-state index contributed by atoms with van der Waals surface area (Å²) < 4.78 is 8.32. The summed E-state index contributed by atoms with van der Waals surface area (Å²) in [7, 11) is 0. The second kappa shape index (κ2) is 5.34. The van der Waals surface area contributed by atoms with Gasteiger partial charge in [0, 0.05) is 6.61 Å². The van der Waals surface area contributed by atoms with E-state index in [9.17, 15) is 0 Å². The van der Waals surface area contributed by atoms with E-state index in [1.54, 1.807) is 11.3 Å². The van der Waals surface area contributed by atoms with Gasteiger partial charge in [-0.25, -0.2) is 0 Å². The van der Waals surface area contributed by atoms with E-state index in [-0.39, 0.29) is 0 Å². The molecule has 0 bridgehead atoms. The van der Waals surface area contributed by atoms with Crippen molar-refractivity contribution >= 4 is 23.6 Å². The van der Waals surface area contributed by atoms with Crippen molar-refractivity contribution in [3.8, 4) is 10.7 Å². The Morgan fingerprint density at radius 1 is 1.56 bits per heavy atom. The molecular formula is C12H15N3OS2. The number of nitrogens with one attached hydrogen (secondary N) is 1. The standard InChI is InChI=1S/C12H15N3OS2/c17-12-14-13-11(10-2-1-7-18-10)15(12)5-6-16-8-9-3-4-9/h1-2,7,9H,3-6,8H2,(H,14,17). The zero-order valence-corrected chi connectivity index (χ0v) is 11.6. The van der Waals surface area contributed by atoms with Crippen LogP contribution in [0.2, 0.25) is 0 Å². The fourth-order valence-corrected chi connectivity index (χ4v) is 2.75. The first-order valence-electron chi connectivity index (χ1n) is 6.11. The van der Waals surface area contributed by atoms with Crippen LogP contribution in [-0.2, 0) is 11.3 Å². The van der Waals surface area contributed by atoms with Gasteiger partial charge in [-0.3, -0.25) is 9.67 Å². The predicted octanol–water partition coefficient (Wildman–Crippen LogP) is 3.10. The Bertz CT molecular complexity index is 554. The second-order valence-electron chi connectivity index (χ2n) is 4.50. The molecule has 0 atom stereocenters. The molecule has 2 heterocycles. The molecule has 4 nitrogen and oxygen atoms in total. The van der Waals surface area contributed by atoms with E-state index in [1.807, 2.05) is 16.0 Å². The molecule has 6 heteroatoms. The van der Waals surface area contributed by atoms with Crippen LogP contribution in [-0.4, -0.2) is 28.0 Å². The van der Waals surface area contributed by atoms with Gasteiger partial charge >= 0.3 is 0 Å². The zero-order chi connectivity index (χ0) is 12.4. The van der Waals surface area contributed by atoms with Gasteiger partial charge in [0.25, 0.3) is 0 Å². The largest absolute Gasteiger partial charge is 0.379 e. The Labute approximate surface area is 115 Å². The topological polar surface area (TPSA) is 42.8 Å². The highest BCUT2D eigenvalue weighted by Gasteiger charge is 2.21. The van der Waals surface area contributed by atoms with Crippen molar-refractivity contribution in [3.63, 3.8) is 0 Å². The van der Waals surface area contributed by atoms with Gasteiger partial charge in [0.15, 0.2) is 10.6 Å². The van der Waals surface area contributed by atoms with E-state index in [2.05, 4.69) is 16.3 Å². The summed E-state index contributed by atoms with van der Waals surface area (Å²) in [6.07, 6.45) is 2.65. The van der Waals surface area contributed by atoms with Gasteiger partial charge in [0.2, 0.25) is 0 Å². The van der Waals surface area contributed by atoms with Crippen LogP contribution < -0.4 is 0 Å². The minimum absolute atomic E-state index is 0.661. The molecule has 2 aromatic heterocycles. The smallest absolute Gasteiger partial charge is 0.195 e. The summed E-state index contributed by atoms with van der Waals surface area (Å²) in [5.41, 5.74) is 0. The normalized spacial score (nSPS) is 15.1. The fourth-order valence-electron chi connectivity index (χ4n) is 1.81. The first kappa shape index (κ1) is 12.1. The summed E-state index contributed by atoms with van der Waals surface area (Å²) >= 11 is 6.92. The number of hydrogen-bond acceptors (Lipinski definition) is 4. The lowest BCUT2D eigenvalue weighted by Gasteiger charge is -2.06. The number of hydrogen-bond donors (Lipinski definition) is 1. The maximum atomic E-state index is 5.65. The number of thiophene rings is 1. The van der Waals surface area contributed by atoms with Crippen LogP contribution in [0.3, 0.4) is 0 Å². The van der Waals surface area contributed by atoms with Gasteiger partial charge in [0.1, 0.15) is 0 Å². The quantitative estimate of drug-likeness (QED) is 0.653. The Morgan fingerprint density at radius 3 is 3.17 bits per heavy atom. The lowest BCUT2D eigenvalue weighted by Crippen LogP contribution is -2.08. The number of ether oxygens (including phenoxy) is 1. The van der Waals surface area contributed by atoms with Crippen LogP contribution in [0.15, 0.2) is 17.5 Å². The van der Waals surface area contributed by atoms with Gasteiger partial charge in [-0.05, 0) is 42.4 Å². The van der Waals surface area contributed by atoms with Crippen molar-refractivity contribution < 1.29 is 4.74 Å². The second-order valence-corrected chi connectivity index (χ2v) is 5.83. The molecule has 0 radical (unpaired) electrons. The molecule has 0 amide bonds. The molecule has 1 saturated carbocycles. The predicted molar refractivity (Wildman–Crippen MR) is 74.3 cm³/mol. The molecule has 1 fully saturated rings. The number of nitrogens with zero attached hydrogens (tertiary/aromatic N) is 2. The van der Waals surface area contributed by atoms with Crippen molar-refractivity contribution in [1.82, 2.24) is 14.8 Å². The highest BCUT2D eigenvalue weighted by molar-refractivity contribution is 7.71. The van der Waals surface area contributed by atoms with Gasteiger partial charge in [-0.15, -0.1) is 11.3 Å². The first-order chi connectivity index (χ1) is 8.84. The number of rotatable bonds is 6. The van der Waals surface area contributed by atoms with Gasteiger partial charge in [0.05, 0.1) is 18.0 Å². The van der Waals surface area contributed by atoms with E-state index in [4.69, 9.17) is 17.0 Å². The molecule has 0 aromatic carbocycles. The molecule has 0 spiro atoms. The summed E-state index contributed by atoms with van der Waals surface area (Å²) in [4.78, 5) is 1.13. The molecule has 0 saturated heterocycles. The highest BCUT2D eigenvalue weighted by atomic mass is 32.1. The van der Waals surface area contributed by atoms with Crippen molar-refractivity contribution in [2.45, 2.75) is 19.4 Å². The van der Waals surface area contributed by atoms with E-state index < -0.39 is 0 Å². The van der Waals surface area contributed by atoms with Crippen LogP contribution in [0.1, 0.15) is 12.8 Å². The number of H-pyrrole nitrogens is 1. The third-order valence-electron chi connectivity index (χ3n) is 3.01. The minimum Gasteiger partial charge on any atom is -0.379 e. The molecule has 1 aliphatic rings. The molecule has 3 rings (SSSR count). The van der Waals surface area contributed by atoms with Crippen LogP contribution in [0.4, 0.5) is 0 Å². The van der Waals surface area contributed by atoms with Crippen molar-refractivity contribution in [2.75, 3.05) is 13.2 Å². The summed E-state index contributed by atoms with van der Waals surface area (Å²) in [6, 6.07) is 4.07. The van der Waals surface area contributed by atoms with Crippen molar-refractivity contribution in [1.29, 1.82) is 0 Å². The van der Waals surface area contributed by atoms with E-state index in [0.29, 0.717) is 11.4 Å². The van der Waals surface area contributed by atoms with Crippen LogP contribution in [0.5, 0.6) is 0 Å². The van der Waals surface area contributed by atoms with Crippen molar-refractivity contribution in [2.24, 2.45) is 5.92 Å². The van der Waals surface area contributed by atoms with Gasteiger partial charge < -0.3 is 4.74 Å². The average molecular weight is 281 g/mol. The monoisotopic (exact) mass is 281 g/mol. The minimum atomic E-state index is 0.661. The summed E-state index contributed by atoms with van der Waals surface area (Å²) in [5.74, 6) is 1.71. The Morgan fingerprint density at radius 2 is 2.44 bits per heavy atom. The van der Waals surface area contributed by atoms with E-state index in [0.717, 1.165) is 29.8 Å². The zero-order valence-electron chi connectivity index (χ0n) is 9.96. The molecule has 1 N–H and O–H groups in total.